The Bertz CT molecular complexity index is 406. The molecule has 2 rings (SSSR count). The summed E-state index contributed by atoms with van der Waals surface area (Å²) in [6.45, 7) is 2.98. The highest BCUT2D eigenvalue weighted by Gasteiger charge is 2.24. The molecule has 3 N–H and O–H groups in total. The molecule has 1 amide bonds. The van der Waals surface area contributed by atoms with Gasteiger partial charge in [0.1, 0.15) is 5.75 Å². The van der Waals surface area contributed by atoms with E-state index in [2.05, 4.69) is 17.6 Å². The van der Waals surface area contributed by atoms with Crippen LogP contribution < -0.4 is 10.6 Å². The number of nitrogens with one attached hydrogen (secondary N) is 2. The highest BCUT2D eigenvalue weighted by atomic mass is 16.3. The van der Waals surface area contributed by atoms with Crippen LogP contribution in [0.2, 0.25) is 0 Å². The van der Waals surface area contributed by atoms with Crippen molar-refractivity contribution in [3.8, 4) is 5.75 Å². The molecule has 1 aromatic carbocycles. The van der Waals surface area contributed by atoms with Gasteiger partial charge in [0, 0.05) is 23.7 Å². The number of amides is 1. The highest BCUT2D eigenvalue weighted by molar-refractivity contribution is 5.92. The van der Waals surface area contributed by atoms with Gasteiger partial charge in [0.15, 0.2) is 0 Å². The fourth-order valence-electron chi connectivity index (χ4n) is 2.20. The lowest BCUT2D eigenvalue weighted by atomic mass is 9.92. The normalized spacial score (nSPS) is 24.3. The first kappa shape index (κ1) is 11.9. The number of anilines is 1. The predicted molar refractivity (Wildman–Crippen MR) is 66.9 cm³/mol. The van der Waals surface area contributed by atoms with E-state index in [-0.39, 0.29) is 17.6 Å². The van der Waals surface area contributed by atoms with Gasteiger partial charge in [0.25, 0.3) is 0 Å². The van der Waals surface area contributed by atoms with E-state index in [1.807, 2.05) is 0 Å². The molecular formula is C13H18N2O2. The van der Waals surface area contributed by atoms with E-state index < -0.39 is 0 Å². The molecule has 0 aliphatic carbocycles. The summed E-state index contributed by atoms with van der Waals surface area (Å²) in [5.74, 6) is 0.277. The molecule has 4 nitrogen and oxygen atoms in total. The second-order valence-electron chi connectivity index (χ2n) is 4.62. The van der Waals surface area contributed by atoms with Gasteiger partial charge < -0.3 is 15.7 Å². The summed E-state index contributed by atoms with van der Waals surface area (Å²) >= 11 is 0. The lowest BCUT2D eigenvalue weighted by molar-refractivity contribution is -0.120. The molecule has 1 aliphatic heterocycles. The Morgan fingerprint density at radius 2 is 2.35 bits per heavy atom. The predicted octanol–water partition coefficient (Wildman–Crippen LogP) is 1.72. The zero-order valence-corrected chi connectivity index (χ0v) is 9.94. The second-order valence-corrected chi connectivity index (χ2v) is 4.62. The zero-order chi connectivity index (χ0) is 12.3. The third kappa shape index (κ3) is 3.20. The van der Waals surface area contributed by atoms with E-state index in [1.165, 1.54) is 0 Å². The summed E-state index contributed by atoms with van der Waals surface area (Å²) in [5, 5.41) is 15.5. The zero-order valence-electron chi connectivity index (χ0n) is 9.94. The van der Waals surface area contributed by atoms with E-state index in [0.717, 1.165) is 19.4 Å². The van der Waals surface area contributed by atoms with Crippen LogP contribution in [0.15, 0.2) is 24.3 Å². The maximum Gasteiger partial charge on any atom is 0.227 e. The number of hydrogen-bond donors (Lipinski definition) is 3. The van der Waals surface area contributed by atoms with Crippen LogP contribution in [-0.2, 0) is 4.79 Å². The standard InChI is InChI=1S/C13H18N2O2/c1-9-7-10(5-6-14-9)13(17)15-11-3-2-4-12(16)8-11/h2-4,8-10,14,16H,5-7H2,1H3,(H,15,17)/t9-,10-/m0/s1. The van der Waals surface area contributed by atoms with Gasteiger partial charge in [-0.25, -0.2) is 0 Å². The maximum absolute atomic E-state index is 12.0. The molecule has 17 heavy (non-hydrogen) atoms. The summed E-state index contributed by atoms with van der Waals surface area (Å²) in [6.07, 6.45) is 1.74. The molecule has 1 heterocycles. The Morgan fingerprint density at radius 3 is 3.06 bits per heavy atom. The van der Waals surface area contributed by atoms with Gasteiger partial charge in [-0.15, -0.1) is 0 Å². The molecule has 92 valence electrons. The number of piperidine rings is 1. The number of phenols is 1. The van der Waals surface area contributed by atoms with Gasteiger partial charge in [-0.05, 0) is 38.4 Å². The molecule has 0 unspecified atom stereocenters. The Kier molecular flexibility index (Phi) is 3.64. The van der Waals surface area contributed by atoms with Crippen LogP contribution in [0, 0.1) is 5.92 Å². The van der Waals surface area contributed by atoms with Crippen LogP contribution in [0.25, 0.3) is 0 Å². The molecule has 0 radical (unpaired) electrons. The molecule has 1 aliphatic rings. The van der Waals surface area contributed by atoms with Crippen molar-refractivity contribution >= 4 is 11.6 Å². The minimum atomic E-state index is 0.0453. The Hall–Kier alpha value is -1.55. The Labute approximate surface area is 101 Å². The van der Waals surface area contributed by atoms with Crippen LogP contribution in [0.3, 0.4) is 0 Å². The van der Waals surface area contributed by atoms with Gasteiger partial charge in [-0.3, -0.25) is 4.79 Å². The minimum Gasteiger partial charge on any atom is -0.508 e. The van der Waals surface area contributed by atoms with E-state index in [0.29, 0.717) is 11.7 Å². The Balaban J connectivity index is 1.96. The van der Waals surface area contributed by atoms with Crippen LogP contribution in [0.1, 0.15) is 19.8 Å². The van der Waals surface area contributed by atoms with Crippen molar-refractivity contribution in [2.45, 2.75) is 25.8 Å². The van der Waals surface area contributed by atoms with Crippen molar-refractivity contribution in [2.24, 2.45) is 5.92 Å². The quantitative estimate of drug-likeness (QED) is 0.730. The monoisotopic (exact) mass is 234 g/mol. The van der Waals surface area contributed by atoms with Crippen molar-refractivity contribution in [3.05, 3.63) is 24.3 Å². The molecule has 2 atom stereocenters. The average molecular weight is 234 g/mol. The van der Waals surface area contributed by atoms with E-state index in [1.54, 1.807) is 24.3 Å². The maximum atomic E-state index is 12.0. The van der Waals surface area contributed by atoms with Crippen LogP contribution >= 0.6 is 0 Å². The third-order valence-corrected chi connectivity index (χ3v) is 3.11. The number of carbonyl (C=O) groups excluding carboxylic acids is 1. The van der Waals surface area contributed by atoms with Gasteiger partial charge in [-0.1, -0.05) is 6.07 Å². The number of hydrogen-bond acceptors (Lipinski definition) is 3. The largest absolute Gasteiger partial charge is 0.508 e. The first-order valence-corrected chi connectivity index (χ1v) is 5.98. The minimum absolute atomic E-state index is 0.0453. The summed E-state index contributed by atoms with van der Waals surface area (Å²) in [7, 11) is 0. The van der Waals surface area contributed by atoms with Gasteiger partial charge in [0.05, 0.1) is 0 Å². The molecule has 4 heteroatoms. The lowest BCUT2D eigenvalue weighted by Gasteiger charge is -2.27. The van der Waals surface area contributed by atoms with Crippen LogP contribution in [-0.4, -0.2) is 23.6 Å². The number of carbonyl (C=O) groups is 1. The second kappa shape index (κ2) is 5.19. The topological polar surface area (TPSA) is 61.4 Å². The number of benzene rings is 1. The fraction of sp³-hybridized carbons (Fsp3) is 0.462. The molecule has 1 saturated heterocycles. The van der Waals surface area contributed by atoms with E-state index in [9.17, 15) is 9.90 Å². The molecule has 0 aromatic heterocycles. The molecule has 1 aromatic rings. The van der Waals surface area contributed by atoms with E-state index >= 15 is 0 Å². The summed E-state index contributed by atoms with van der Waals surface area (Å²) in [5.41, 5.74) is 0.654. The van der Waals surface area contributed by atoms with Crippen molar-refractivity contribution < 1.29 is 9.90 Å². The molecule has 0 bridgehead atoms. The van der Waals surface area contributed by atoms with Crippen LogP contribution in [0.5, 0.6) is 5.75 Å². The summed E-state index contributed by atoms with van der Waals surface area (Å²) in [6, 6.07) is 7.03. The summed E-state index contributed by atoms with van der Waals surface area (Å²) < 4.78 is 0. The molecule has 1 fully saturated rings. The van der Waals surface area contributed by atoms with E-state index in [4.69, 9.17) is 0 Å². The van der Waals surface area contributed by atoms with Gasteiger partial charge >= 0.3 is 0 Å². The lowest BCUT2D eigenvalue weighted by Crippen LogP contribution is -2.40. The molecule has 0 spiro atoms. The smallest absolute Gasteiger partial charge is 0.227 e. The van der Waals surface area contributed by atoms with Crippen molar-refractivity contribution in [1.29, 1.82) is 0 Å². The number of phenolic OH excluding ortho intramolecular Hbond substituents is 1. The van der Waals surface area contributed by atoms with Crippen LogP contribution in [0.4, 0.5) is 5.69 Å². The SMILES string of the molecule is C[C@H]1C[C@@H](C(=O)Nc2cccc(O)c2)CCN1. The average Bonchev–Trinajstić information content (AvgIpc) is 2.29. The number of aromatic hydroxyl groups is 1. The highest BCUT2D eigenvalue weighted by Crippen LogP contribution is 2.20. The molecule has 0 saturated carbocycles. The van der Waals surface area contributed by atoms with Crippen molar-refractivity contribution in [3.63, 3.8) is 0 Å². The van der Waals surface area contributed by atoms with Gasteiger partial charge in [-0.2, -0.15) is 0 Å². The van der Waals surface area contributed by atoms with Gasteiger partial charge in [0.2, 0.25) is 5.91 Å². The summed E-state index contributed by atoms with van der Waals surface area (Å²) in [4.78, 5) is 12.0. The fourth-order valence-corrected chi connectivity index (χ4v) is 2.20. The Morgan fingerprint density at radius 1 is 1.53 bits per heavy atom. The van der Waals surface area contributed by atoms with Crippen molar-refractivity contribution in [2.75, 3.05) is 11.9 Å². The first-order valence-electron chi connectivity index (χ1n) is 5.98. The third-order valence-electron chi connectivity index (χ3n) is 3.11. The van der Waals surface area contributed by atoms with Crippen molar-refractivity contribution in [1.82, 2.24) is 5.32 Å². The first-order chi connectivity index (χ1) is 8.15. The number of rotatable bonds is 2. The molecular weight excluding hydrogens is 216 g/mol.